The summed E-state index contributed by atoms with van der Waals surface area (Å²) in [5.41, 5.74) is 6.81. The van der Waals surface area contributed by atoms with Crippen LogP contribution in [0, 0.1) is 5.92 Å². The maximum atomic E-state index is 11.2. The zero-order valence-electron chi connectivity index (χ0n) is 13.3. The number of aromatic nitrogens is 4. The van der Waals surface area contributed by atoms with Gasteiger partial charge in [0.15, 0.2) is 17.0 Å². The molecule has 9 nitrogen and oxygen atoms in total. The molecule has 0 saturated carbocycles. The molecular weight excluding hydrogens is 312 g/mol. The van der Waals surface area contributed by atoms with Gasteiger partial charge in [-0.1, -0.05) is 19.1 Å². The van der Waals surface area contributed by atoms with Crippen LogP contribution in [0.5, 0.6) is 0 Å². The molecule has 0 radical (unpaired) electrons. The summed E-state index contributed by atoms with van der Waals surface area (Å²) in [6.45, 7) is 1.87. The van der Waals surface area contributed by atoms with Crippen LogP contribution in [0.15, 0.2) is 18.5 Å². The second-order valence-corrected chi connectivity index (χ2v) is 5.83. The quantitative estimate of drug-likeness (QED) is 0.569. The summed E-state index contributed by atoms with van der Waals surface area (Å²) in [6, 6.07) is -0.756. The fraction of sp³-hybridized carbons (Fsp3) is 0.467. The van der Waals surface area contributed by atoms with Crippen LogP contribution >= 0.6 is 0 Å². The SMILES string of the molecule is CCC(Nc1nc(N)nc2c1ncn2[C@@H]1C=C[C@H](CO)C1)C(=O)O. The molecule has 3 atom stereocenters. The van der Waals surface area contributed by atoms with Crippen molar-refractivity contribution in [1.82, 2.24) is 19.5 Å². The van der Waals surface area contributed by atoms with Crippen molar-refractivity contribution >= 4 is 28.9 Å². The molecule has 0 aliphatic heterocycles. The number of aliphatic hydroxyl groups is 1. The van der Waals surface area contributed by atoms with Gasteiger partial charge < -0.3 is 25.8 Å². The predicted molar refractivity (Wildman–Crippen MR) is 88.4 cm³/mol. The van der Waals surface area contributed by atoms with Gasteiger partial charge in [0.25, 0.3) is 0 Å². The number of carboxylic acids is 1. The third-order valence-corrected chi connectivity index (χ3v) is 4.20. The molecule has 5 N–H and O–H groups in total. The van der Waals surface area contributed by atoms with Crippen molar-refractivity contribution in [2.75, 3.05) is 17.7 Å². The fourth-order valence-corrected chi connectivity index (χ4v) is 2.87. The molecule has 2 aromatic rings. The topological polar surface area (TPSA) is 139 Å². The van der Waals surface area contributed by atoms with Gasteiger partial charge in [-0.05, 0) is 12.8 Å². The van der Waals surface area contributed by atoms with Crippen LogP contribution in [0.25, 0.3) is 11.2 Å². The summed E-state index contributed by atoms with van der Waals surface area (Å²) in [5, 5.41) is 21.4. The molecule has 1 unspecified atom stereocenters. The molecule has 24 heavy (non-hydrogen) atoms. The molecule has 2 aromatic heterocycles. The molecule has 128 valence electrons. The van der Waals surface area contributed by atoms with Crippen LogP contribution in [-0.2, 0) is 4.79 Å². The Bertz CT molecular complexity index is 787. The predicted octanol–water partition coefficient (Wildman–Crippen LogP) is 0.793. The van der Waals surface area contributed by atoms with Crippen molar-refractivity contribution in [2.24, 2.45) is 5.92 Å². The molecule has 0 amide bonds. The van der Waals surface area contributed by atoms with Crippen molar-refractivity contribution in [3.63, 3.8) is 0 Å². The van der Waals surface area contributed by atoms with E-state index in [-0.39, 0.29) is 24.5 Å². The van der Waals surface area contributed by atoms with Crippen LogP contribution in [0.4, 0.5) is 11.8 Å². The molecule has 3 rings (SSSR count). The summed E-state index contributed by atoms with van der Waals surface area (Å²) in [4.78, 5) is 23.9. The van der Waals surface area contributed by atoms with Gasteiger partial charge in [-0.15, -0.1) is 0 Å². The molecule has 0 saturated heterocycles. The van der Waals surface area contributed by atoms with Gasteiger partial charge in [0.2, 0.25) is 5.95 Å². The summed E-state index contributed by atoms with van der Waals surface area (Å²) in [5.74, 6) is -0.494. The number of carboxylic acid groups (broad SMARTS) is 1. The molecule has 1 aliphatic carbocycles. The number of allylic oxidation sites excluding steroid dienone is 1. The van der Waals surface area contributed by atoms with Crippen molar-refractivity contribution in [2.45, 2.75) is 31.8 Å². The zero-order valence-corrected chi connectivity index (χ0v) is 13.3. The number of imidazole rings is 1. The van der Waals surface area contributed by atoms with Gasteiger partial charge in [0, 0.05) is 12.5 Å². The number of hydrogen-bond donors (Lipinski definition) is 4. The van der Waals surface area contributed by atoms with E-state index in [2.05, 4.69) is 20.3 Å². The number of nitrogens with one attached hydrogen (secondary N) is 1. The minimum atomic E-state index is -0.966. The number of nitrogen functional groups attached to an aromatic ring is 1. The summed E-state index contributed by atoms with van der Waals surface area (Å²) in [7, 11) is 0. The molecule has 0 spiro atoms. The van der Waals surface area contributed by atoms with E-state index in [1.54, 1.807) is 13.3 Å². The molecule has 1 aliphatic rings. The van der Waals surface area contributed by atoms with E-state index in [9.17, 15) is 15.0 Å². The van der Waals surface area contributed by atoms with Crippen molar-refractivity contribution < 1.29 is 15.0 Å². The Labute approximate surface area is 138 Å². The van der Waals surface area contributed by atoms with E-state index in [1.165, 1.54) is 0 Å². The highest BCUT2D eigenvalue weighted by Gasteiger charge is 2.24. The van der Waals surface area contributed by atoms with Gasteiger partial charge in [-0.25, -0.2) is 9.78 Å². The third-order valence-electron chi connectivity index (χ3n) is 4.20. The van der Waals surface area contributed by atoms with E-state index < -0.39 is 12.0 Å². The monoisotopic (exact) mass is 332 g/mol. The summed E-state index contributed by atoms with van der Waals surface area (Å²) in [6.07, 6.45) is 6.75. The second kappa shape index (κ2) is 6.44. The minimum Gasteiger partial charge on any atom is -0.480 e. The number of carbonyl (C=O) groups is 1. The van der Waals surface area contributed by atoms with Gasteiger partial charge in [0.05, 0.1) is 12.4 Å². The average Bonchev–Trinajstić information content (AvgIpc) is 3.17. The highest BCUT2D eigenvalue weighted by molar-refractivity contribution is 5.87. The van der Waals surface area contributed by atoms with Crippen molar-refractivity contribution in [1.29, 1.82) is 0 Å². The number of hydrogen-bond acceptors (Lipinski definition) is 7. The Morgan fingerprint density at radius 1 is 1.50 bits per heavy atom. The van der Waals surface area contributed by atoms with Crippen LogP contribution < -0.4 is 11.1 Å². The smallest absolute Gasteiger partial charge is 0.326 e. The van der Waals surface area contributed by atoms with Crippen LogP contribution in [0.1, 0.15) is 25.8 Å². The number of aliphatic carboxylic acids is 1. The highest BCUT2D eigenvalue weighted by atomic mass is 16.4. The first-order chi connectivity index (χ1) is 11.5. The highest BCUT2D eigenvalue weighted by Crippen LogP contribution is 2.31. The normalized spacial score (nSPS) is 21.2. The van der Waals surface area contributed by atoms with Gasteiger partial charge >= 0.3 is 5.97 Å². The van der Waals surface area contributed by atoms with Gasteiger partial charge in [-0.2, -0.15) is 9.97 Å². The van der Waals surface area contributed by atoms with E-state index >= 15 is 0 Å². The summed E-state index contributed by atoms with van der Waals surface area (Å²) >= 11 is 0. The summed E-state index contributed by atoms with van der Waals surface area (Å²) < 4.78 is 1.87. The number of rotatable bonds is 6. The molecule has 2 heterocycles. The number of nitrogens with two attached hydrogens (primary N) is 1. The minimum absolute atomic E-state index is 0.0238. The Hall–Kier alpha value is -2.68. The first-order valence-electron chi connectivity index (χ1n) is 7.82. The molecule has 9 heteroatoms. The zero-order chi connectivity index (χ0) is 17.3. The lowest BCUT2D eigenvalue weighted by Gasteiger charge is -2.15. The number of aliphatic hydroxyl groups excluding tert-OH is 1. The molecular formula is C15H20N6O3. The van der Waals surface area contributed by atoms with Gasteiger partial charge in [0.1, 0.15) is 6.04 Å². The van der Waals surface area contributed by atoms with Crippen molar-refractivity contribution in [3.05, 3.63) is 18.5 Å². The van der Waals surface area contributed by atoms with Gasteiger partial charge in [-0.3, -0.25) is 0 Å². The lowest BCUT2D eigenvalue weighted by Crippen LogP contribution is -2.29. The van der Waals surface area contributed by atoms with Crippen LogP contribution in [0.3, 0.4) is 0 Å². The van der Waals surface area contributed by atoms with E-state index in [1.807, 2.05) is 16.7 Å². The standard InChI is InChI=1S/C15H20N6O3/c1-2-10(14(23)24)18-12-11-13(20-15(16)19-12)21(7-17-11)9-4-3-8(5-9)6-22/h3-4,7-10,22H,2,5-6H2,1H3,(H,23,24)(H3,16,18,19,20)/t8-,9+,10?/m0/s1. The third kappa shape index (κ3) is 2.90. The Morgan fingerprint density at radius 3 is 2.92 bits per heavy atom. The Balaban J connectivity index is 1.98. The van der Waals surface area contributed by atoms with Crippen molar-refractivity contribution in [3.8, 4) is 0 Å². The number of anilines is 2. The number of nitrogens with zero attached hydrogens (tertiary/aromatic N) is 4. The maximum Gasteiger partial charge on any atom is 0.326 e. The Morgan fingerprint density at radius 2 is 2.29 bits per heavy atom. The average molecular weight is 332 g/mol. The lowest BCUT2D eigenvalue weighted by atomic mass is 10.1. The fourth-order valence-electron chi connectivity index (χ4n) is 2.87. The van der Waals surface area contributed by atoms with Crippen LogP contribution in [0.2, 0.25) is 0 Å². The molecule has 0 fully saturated rings. The molecule has 0 bridgehead atoms. The van der Waals surface area contributed by atoms with E-state index in [4.69, 9.17) is 5.73 Å². The van der Waals surface area contributed by atoms with E-state index in [0.717, 1.165) is 6.42 Å². The largest absolute Gasteiger partial charge is 0.480 e. The Kier molecular flexibility index (Phi) is 4.34. The first-order valence-corrected chi connectivity index (χ1v) is 7.82. The van der Waals surface area contributed by atoms with Crippen LogP contribution in [-0.4, -0.2) is 48.4 Å². The first kappa shape index (κ1) is 16.2. The second-order valence-electron chi connectivity index (χ2n) is 5.83. The maximum absolute atomic E-state index is 11.2. The molecule has 0 aromatic carbocycles. The number of fused-ring (bicyclic) bond motifs is 1. The van der Waals surface area contributed by atoms with E-state index in [0.29, 0.717) is 23.4 Å². The lowest BCUT2D eigenvalue weighted by molar-refractivity contribution is -0.137.